The Kier molecular flexibility index (Phi) is 3.89. The lowest BCUT2D eigenvalue weighted by molar-refractivity contribution is 0.412. The molecule has 1 rings (SSSR count). The summed E-state index contributed by atoms with van der Waals surface area (Å²) in [5.74, 6) is 0. The average molecular weight is 235 g/mol. The number of hydrogen-bond acceptors (Lipinski definition) is 3. The molecule has 5 nitrogen and oxygen atoms in total. The lowest BCUT2D eigenvalue weighted by Crippen LogP contribution is -2.39. The molecule has 0 fully saturated rings. The van der Waals surface area contributed by atoms with E-state index in [2.05, 4.69) is 6.07 Å². The number of nitriles is 1. The first-order chi connectivity index (χ1) is 7.87. The minimum atomic E-state index is -0.521. The molecule has 0 saturated carbocycles. The number of aromatic nitrogens is 2. The van der Waals surface area contributed by atoms with Crippen LogP contribution in [0.3, 0.4) is 0 Å². The van der Waals surface area contributed by atoms with Crippen molar-refractivity contribution < 1.29 is 0 Å². The maximum atomic E-state index is 11.6. The molecule has 1 heterocycles. The summed E-state index contributed by atoms with van der Waals surface area (Å²) in [4.78, 5) is 23.0. The zero-order chi connectivity index (χ0) is 13.1. The molecule has 0 radical (unpaired) electrons. The Balaban J connectivity index is 2.73. The summed E-state index contributed by atoms with van der Waals surface area (Å²) in [6.07, 6.45) is 4.57. The quantitative estimate of drug-likeness (QED) is 0.727. The molecular formula is C12H17N3O2. The highest BCUT2D eigenvalue weighted by Crippen LogP contribution is 2.20. The zero-order valence-electron chi connectivity index (χ0n) is 10.4. The van der Waals surface area contributed by atoms with Crippen LogP contribution in [0.15, 0.2) is 22.0 Å². The van der Waals surface area contributed by atoms with Crippen molar-refractivity contribution in [1.29, 1.82) is 5.26 Å². The van der Waals surface area contributed by atoms with E-state index in [9.17, 15) is 9.59 Å². The van der Waals surface area contributed by atoms with Crippen molar-refractivity contribution >= 4 is 0 Å². The highest BCUT2D eigenvalue weighted by atomic mass is 16.2. The van der Waals surface area contributed by atoms with Crippen LogP contribution < -0.4 is 11.1 Å². The fraction of sp³-hybridized carbons (Fsp3) is 0.583. The fourth-order valence-electron chi connectivity index (χ4n) is 1.51. The van der Waals surface area contributed by atoms with Crippen LogP contribution in [0.25, 0.3) is 0 Å². The third-order valence-corrected chi connectivity index (χ3v) is 2.74. The van der Waals surface area contributed by atoms with E-state index in [0.717, 1.165) is 0 Å². The molecule has 0 aromatic carbocycles. The van der Waals surface area contributed by atoms with E-state index < -0.39 is 11.1 Å². The summed E-state index contributed by atoms with van der Waals surface area (Å²) in [5.41, 5.74) is -1.42. The molecule has 5 heteroatoms. The zero-order valence-corrected chi connectivity index (χ0v) is 10.4. The van der Waals surface area contributed by atoms with Gasteiger partial charge < -0.3 is 9.13 Å². The lowest BCUT2D eigenvalue weighted by Gasteiger charge is -2.14. The number of aryl methyl sites for hydroxylation is 2. The predicted molar refractivity (Wildman–Crippen MR) is 64.6 cm³/mol. The SMILES string of the molecule is Cn1ccn(CCCC(C)(C)C#N)c(=O)c1=O. The van der Waals surface area contributed by atoms with Gasteiger partial charge in [0, 0.05) is 26.0 Å². The van der Waals surface area contributed by atoms with Gasteiger partial charge in [0.2, 0.25) is 0 Å². The summed E-state index contributed by atoms with van der Waals surface area (Å²) in [6.45, 7) is 4.19. The van der Waals surface area contributed by atoms with Crippen molar-refractivity contribution in [3.8, 4) is 6.07 Å². The van der Waals surface area contributed by atoms with E-state index in [1.165, 1.54) is 9.13 Å². The second-order valence-corrected chi connectivity index (χ2v) is 4.81. The van der Waals surface area contributed by atoms with Crippen molar-refractivity contribution in [1.82, 2.24) is 9.13 Å². The molecule has 0 unspecified atom stereocenters. The van der Waals surface area contributed by atoms with Gasteiger partial charge in [0.1, 0.15) is 0 Å². The molecule has 92 valence electrons. The van der Waals surface area contributed by atoms with E-state index in [1.54, 1.807) is 19.4 Å². The van der Waals surface area contributed by atoms with Crippen molar-refractivity contribution in [3.05, 3.63) is 33.1 Å². The molecule has 0 saturated heterocycles. The van der Waals surface area contributed by atoms with E-state index >= 15 is 0 Å². The average Bonchev–Trinajstić information content (AvgIpc) is 2.29. The molecule has 1 aromatic rings. The molecule has 17 heavy (non-hydrogen) atoms. The molecule has 0 aliphatic heterocycles. The van der Waals surface area contributed by atoms with E-state index in [0.29, 0.717) is 19.4 Å². The standard InChI is InChI=1S/C12H17N3O2/c1-12(2,9-13)5-4-6-15-8-7-14(3)10(16)11(15)17/h7-8H,4-6H2,1-3H3. The summed E-state index contributed by atoms with van der Waals surface area (Å²) in [5, 5.41) is 8.85. The Morgan fingerprint density at radius 1 is 1.29 bits per heavy atom. The number of hydrogen-bond donors (Lipinski definition) is 0. The van der Waals surface area contributed by atoms with E-state index in [4.69, 9.17) is 5.26 Å². The Hall–Kier alpha value is -1.83. The Bertz CT molecular complexity index is 546. The van der Waals surface area contributed by atoms with Crippen LogP contribution >= 0.6 is 0 Å². The van der Waals surface area contributed by atoms with E-state index in [-0.39, 0.29) is 5.41 Å². The Morgan fingerprint density at radius 3 is 2.53 bits per heavy atom. The van der Waals surface area contributed by atoms with Crippen molar-refractivity contribution in [2.75, 3.05) is 0 Å². The summed E-state index contributed by atoms with van der Waals surface area (Å²) >= 11 is 0. The second-order valence-electron chi connectivity index (χ2n) is 4.81. The van der Waals surface area contributed by atoms with Gasteiger partial charge in [0.05, 0.1) is 11.5 Å². The predicted octanol–water partition coefficient (Wildman–Crippen LogP) is 0.877. The van der Waals surface area contributed by atoms with Crippen LogP contribution in [-0.4, -0.2) is 9.13 Å². The van der Waals surface area contributed by atoms with Crippen LogP contribution in [0.5, 0.6) is 0 Å². The summed E-state index contributed by atoms with van der Waals surface area (Å²) in [7, 11) is 1.55. The first-order valence-corrected chi connectivity index (χ1v) is 5.55. The van der Waals surface area contributed by atoms with Gasteiger partial charge in [-0.25, -0.2) is 0 Å². The van der Waals surface area contributed by atoms with Crippen LogP contribution in [0.4, 0.5) is 0 Å². The molecule has 1 aromatic heterocycles. The first-order valence-electron chi connectivity index (χ1n) is 5.55. The largest absolute Gasteiger partial charge is 0.316 e. The van der Waals surface area contributed by atoms with Crippen LogP contribution in [0.1, 0.15) is 26.7 Å². The molecule has 0 bridgehead atoms. The molecule has 0 N–H and O–H groups in total. The van der Waals surface area contributed by atoms with Gasteiger partial charge in [0.25, 0.3) is 0 Å². The second kappa shape index (κ2) is 5.00. The molecule has 0 spiro atoms. The lowest BCUT2D eigenvalue weighted by atomic mass is 9.90. The van der Waals surface area contributed by atoms with Gasteiger partial charge in [-0.3, -0.25) is 9.59 Å². The van der Waals surface area contributed by atoms with Crippen LogP contribution in [0.2, 0.25) is 0 Å². The van der Waals surface area contributed by atoms with Gasteiger partial charge in [-0.1, -0.05) is 0 Å². The molecule has 0 amide bonds. The molecular weight excluding hydrogens is 218 g/mol. The van der Waals surface area contributed by atoms with Crippen LogP contribution in [0, 0.1) is 16.7 Å². The highest BCUT2D eigenvalue weighted by molar-refractivity contribution is 4.91. The third kappa shape index (κ3) is 3.31. The smallest absolute Gasteiger partial charge is 0.312 e. The maximum absolute atomic E-state index is 11.6. The Labute approximate surface area is 99.9 Å². The van der Waals surface area contributed by atoms with Gasteiger partial charge in [0.15, 0.2) is 0 Å². The van der Waals surface area contributed by atoms with Crippen molar-refractivity contribution in [2.45, 2.75) is 33.2 Å². The first kappa shape index (κ1) is 13.2. The molecule has 0 atom stereocenters. The monoisotopic (exact) mass is 235 g/mol. The van der Waals surface area contributed by atoms with Gasteiger partial charge >= 0.3 is 11.1 Å². The molecule has 0 aliphatic rings. The summed E-state index contributed by atoms with van der Waals surface area (Å²) in [6, 6.07) is 2.21. The van der Waals surface area contributed by atoms with Gasteiger partial charge in [-0.15, -0.1) is 0 Å². The van der Waals surface area contributed by atoms with Crippen LogP contribution in [-0.2, 0) is 13.6 Å². The highest BCUT2D eigenvalue weighted by Gasteiger charge is 2.15. The Morgan fingerprint density at radius 2 is 1.94 bits per heavy atom. The van der Waals surface area contributed by atoms with Gasteiger partial charge in [-0.05, 0) is 26.7 Å². The van der Waals surface area contributed by atoms with E-state index in [1.807, 2.05) is 13.8 Å². The minimum Gasteiger partial charge on any atom is -0.312 e. The van der Waals surface area contributed by atoms with Crippen molar-refractivity contribution in [2.24, 2.45) is 12.5 Å². The van der Waals surface area contributed by atoms with Gasteiger partial charge in [-0.2, -0.15) is 5.26 Å². The summed E-state index contributed by atoms with van der Waals surface area (Å²) < 4.78 is 2.66. The normalized spacial score (nSPS) is 11.2. The number of rotatable bonds is 4. The number of nitrogens with zero attached hydrogens (tertiary/aromatic N) is 3. The fourth-order valence-corrected chi connectivity index (χ4v) is 1.51. The van der Waals surface area contributed by atoms with Crippen molar-refractivity contribution in [3.63, 3.8) is 0 Å². The topological polar surface area (TPSA) is 67.8 Å². The minimum absolute atomic E-state index is 0.386. The maximum Gasteiger partial charge on any atom is 0.316 e. The third-order valence-electron chi connectivity index (χ3n) is 2.74. The molecule has 0 aliphatic carbocycles.